The first-order valence-electron chi connectivity index (χ1n) is 10.4. The lowest BCUT2D eigenvalue weighted by Gasteiger charge is -2.35. The summed E-state index contributed by atoms with van der Waals surface area (Å²) in [6.07, 6.45) is 0.752. The monoisotopic (exact) mass is 518 g/mol. The predicted molar refractivity (Wildman–Crippen MR) is 127 cm³/mol. The minimum atomic E-state index is -3.55. The average molecular weight is 519 g/mol. The summed E-state index contributed by atoms with van der Waals surface area (Å²) in [5.74, 6) is 0.927. The Morgan fingerprint density at radius 1 is 1.03 bits per heavy atom. The maximum absolute atomic E-state index is 13.7. The van der Waals surface area contributed by atoms with Gasteiger partial charge in [0.15, 0.2) is 5.82 Å². The van der Waals surface area contributed by atoms with Crippen LogP contribution in [0.25, 0.3) is 11.4 Å². The Labute approximate surface area is 196 Å². The summed E-state index contributed by atoms with van der Waals surface area (Å²) >= 11 is 3.34. The number of anilines is 1. The molecule has 2 heterocycles. The Hall–Kier alpha value is -2.36. The third-order valence-electron chi connectivity index (χ3n) is 5.62. The minimum absolute atomic E-state index is 0.287. The van der Waals surface area contributed by atoms with Crippen LogP contribution in [0.2, 0.25) is 0 Å². The van der Waals surface area contributed by atoms with Crippen molar-refractivity contribution >= 4 is 31.8 Å². The standard InChI is InChI=1S/C23H24BrFN4O2S/c1-3-21-16(2)26-22(17-5-4-6-19(25)15-17)27-23(21)28-11-13-29(14-12-28)32(30,31)20-9-7-18(24)8-10-20/h4-10,15H,3,11-14H2,1-2H3. The summed E-state index contributed by atoms with van der Waals surface area (Å²) in [5, 5.41) is 0. The minimum Gasteiger partial charge on any atom is -0.354 e. The van der Waals surface area contributed by atoms with Gasteiger partial charge in [-0.3, -0.25) is 0 Å². The highest BCUT2D eigenvalue weighted by atomic mass is 79.9. The van der Waals surface area contributed by atoms with E-state index in [4.69, 9.17) is 4.98 Å². The van der Waals surface area contributed by atoms with Gasteiger partial charge in [0.1, 0.15) is 11.6 Å². The van der Waals surface area contributed by atoms with Gasteiger partial charge >= 0.3 is 0 Å². The number of sulfonamides is 1. The molecule has 0 radical (unpaired) electrons. The van der Waals surface area contributed by atoms with Gasteiger partial charge in [0.2, 0.25) is 10.0 Å². The highest BCUT2D eigenvalue weighted by Crippen LogP contribution is 2.28. The smallest absolute Gasteiger partial charge is 0.243 e. The molecule has 0 N–H and O–H groups in total. The van der Waals surface area contributed by atoms with Crippen LogP contribution in [0.4, 0.5) is 10.2 Å². The topological polar surface area (TPSA) is 66.4 Å². The first-order chi connectivity index (χ1) is 15.3. The maximum atomic E-state index is 13.7. The van der Waals surface area contributed by atoms with Gasteiger partial charge in [0.05, 0.1) is 4.90 Å². The van der Waals surface area contributed by atoms with E-state index in [1.807, 2.05) is 13.8 Å². The maximum Gasteiger partial charge on any atom is 0.243 e. The molecule has 0 spiro atoms. The van der Waals surface area contributed by atoms with Crippen molar-refractivity contribution in [1.82, 2.24) is 14.3 Å². The zero-order valence-corrected chi connectivity index (χ0v) is 20.3. The fraction of sp³-hybridized carbons (Fsp3) is 0.304. The highest BCUT2D eigenvalue weighted by molar-refractivity contribution is 9.10. The Bertz CT molecular complexity index is 1230. The number of piperazine rings is 1. The molecule has 0 bridgehead atoms. The van der Waals surface area contributed by atoms with E-state index in [9.17, 15) is 12.8 Å². The summed E-state index contributed by atoms with van der Waals surface area (Å²) in [4.78, 5) is 11.8. The lowest BCUT2D eigenvalue weighted by Crippen LogP contribution is -2.49. The Balaban J connectivity index is 1.59. The average Bonchev–Trinajstić information content (AvgIpc) is 2.79. The van der Waals surface area contributed by atoms with Crippen LogP contribution in [0.5, 0.6) is 0 Å². The summed E-state index contributed by atoms with van der Waals surface area (Å²) < 4.78 is 42.1. The van der Waals surface area contributed by atoms with Crippen molar-refractivity contribution in [3.63, 3.8) is 0 Å². The SMILES string of the molecule is CCc1c(C)nc(-c2cccc(F)c2)nc1N1CCN(S(=O)(=O)c2ccc(Br)cc2)CC1. The first-order valence-corrected chi connectivity index (χ1v) is 12.7. The Morgan fingerprint density at radius 3 is 2.34 bits per heavy atom. The fourth-order valence-electron chi connectivity index (χ4n) is 3.91. The lowest BCUT2D eigenvalue weighted by atomic mass is 10.1. The van der Waals surface area contributed by atoms with Crippen LogP contribution in [0.1, 0.15) is 18.2 Å². The molecule has 9 heteroatoms. The van der Waals surface area contributed by atoms with Crippen LogP contribution in [0, 0.1) is 12.7 Å². The molecule has 0 unspecified atom stereocenters. The molecular weight excluding hydrogens is 495 g/mol. The van der Waals surface area contributed by atoms with E-state index in [1.54, 1.807) is 36.4 Å². The largest absolute Gasteiger partial charge is 0.354 e. The van der Waals surface area contributed by atoms with E-state index in [2.05, 4.69) is 25.8 Å². The zero-order chi connectivity index (χ0) is 22.9. The quantitative estimate of drug-likeness (QED) is 0.499. The second-order valence-corrected chi connectivity index (χ2v) is 10.5. The predicted octanol–water partition coefficient (Wildman–Crippen LogP) is 4.43. The van der Waals surface area contributed by atoms with Crippen molar-refractivity contribution < 1.29 is 12.8 Å². The van der Waals surface area contributed by atoms with Gasteiger partial charge in [-0.2, -0.15) is 4.31 Å². The van der Waals surface area contributed by atoms with E-state index in [0.29, 0.717) is 37.6 Å². The van der Waals surface area contributed by atoms with E-state index in [-0.39, 0.29) is 10.7 Å². The van der Waals surface area contributed by atoms with Crippen molar-refractivity contribution in [2.24, 2.45) is 0 Å². The molecule has 3 aromatic rings. The molecule has 1 aromatic heterocycles. The molecule has 32 heavy (non-hydrogen) atoms. The molecule has 0 amide bonds. The van der Waals surface area contributed by atoms with Crippen molar-refractivity contribution in [2.75, 3.05) is 31.1 Å². The molecule has 0 aliphatic carbocycles. The molecular formula is C23H24BrFN4O2S. The van der Waals surface area contributed by atoms with E-state index in [0.717, 1.165) is 28.0 Å². The van der Waals surface area contributed by atoms with Crippen LogP contribution < -0.4 is 4.90 Å². The van der Waals surface area contributed by atoms with Crippen LogP contribution in [0.15, 0.2) is 57.9 Å². The Kier molecular flexibility index (Phi) is 6.60. The zero-order valence-electron chi connectivity index (χ0n) is 17.9. The van der Waals surface area contributed by atoms with Crippen LogP contribution in [0.3, 0.4) is 0 Å². The molecule has 2 aromatic carbocycles. The van der Waals surface area contributed by atoms with Crippen molar-refractivity contribution in [1.29, 1.82) is 0 Å². The molecule has 168 valence electrons. The summed E-state index contributed by atoms with van der Waals surface area (Å²) in [6.45, 7) is 5.73. The van der Waals surface area contributed by atoms with Crippen LogP contribution in [-0.4, -0.2) is 48.9 Å². The molecule has 0 atom stereocenters. The Morgan fingerprint density at radius 2 is 1.72 bits per heavy atom. The number of benzene rings is 2. The van der Waals surface area contributed by atoms with Crippen LogP contribution >= 0.6 is 15.9 Å². The van der Waals surface area contributed by atoms with Gasteiger partial charge in [-0.1, -0.05) is 35.0 Å². The van der Waals surface area contributed by atoms with Crippen molar-refractivity contribution in [3.8, 4) is 11.4 Å². The van der Waals surface area contributed by atoms with Gasteiger partial charge in [0.25, 0.3) is 0 Å². The van der Waals surface area contributed by atoms with Crippen molar-refractivity contribution in [3.05, 3.63) is 70.1 Å². The highest BCUT2D eigenvalue weighted by Gasteiger charge is 2.30. The second kappa shape index (κ2) is 9.25. The molecule has 1 fully saturated rings. The molecule has 1 saturated heterocycles. The van der Waals surface area contributed by atoms with Gasteiger partial charge in [-0.25, -0.2) is 22.8 Å². The number of rotatable bonds is 5. The molecule has 0 saturated carbocycles. The van der Waals surface area contributed by atoms with E-state index < -0.39 is 10.0 Å². The van der Waals surface area contributed by atoms with Gasteiger partial charge in [-0.15, -0.1) is 0 Å². The van der Waals surface area contributed by atoms with Gasteiger partial charge < -0.3 is 4.90 Å². The molecule has 4 rings (SSSR count). The summed E-state index contributed by atoms with van der Waals surface area (Å²) in [5.41, 5.74) is 2.49. The molecule has 6 nitrogen and oxygen atoms in total. The van der Waals surface area contributed by atoms with Crippen LogP contribution in [-0.2, 0) is 16.4 Å². The number of hydrogen-bond acceptors (Lipinski definition) is 5. The second-order valence-electron chi connectivity index (χ2n) is 7.64. The molecule has 1 aliphatic heterocycles. The molecule has 1 aliphatic rings. The summed E-state index contributed by atoms with van der Waals surface area (Å²) in [7, 11) is -3.55. The van der Waals surface area contributed by atoms with Gasteiger partial charge in [-0.05, 0) is 49.7 Å². The number of aryl methyl sites for hydroxylation is 1. The number of nitrogens with zero attached hydrogens (tertiary/aromatic N) is 4. The van der Waals surface area contributed by atoms with Gasteiger partial charge in [0, 0.05) is 47.5 Å². The van der Waals surface area contributed by atoms with E-state index >= 15 is 0 Å². The lowest BCUT2D eigenvalue weighted by molar-refractivity contribution is 0.383. The van der Waals surface area contributed by atoms with E-state index in [1.165, 1.54) is 16.4 Å². The third kappa shape index (κ3) is 4.55. The number of hydrogen-bond donors (Lipinski definition) is 0. The first kappa shape index (κ1) is 22.8. The number of aromatic nitrogens is 2. The fourth-order valence-corrected chi connectivity index (χ4v) is 5.60. The normalized spacial score (nSPS) is 15.2. The summed E-state index contributed by atoms with van der Waals surface area (Å²) in [6, 6.07) is 12.9. The van der Waals surface area contributed by atoms with Crippen molar-refractivity contribution in [2.45, 2.75) is 25.2 Å². The number of halogens is 2. The third-order valence-corrected chi connectivity index (χ3v) is 8.06.